The summed E-state index contributed by atoms with van der Waals surface area (Å²) in [5, 5.41) is 6.34. The summed E-state index contributed by atoms with van der Waals surface area (Å²) >= 11 is 0. The third-order valence-corrected chi connectivity index (χ3v) is 4.28. The molecule has 2 N–H and O–H groups in total. The predicted octanol–water partition coefficient (Wildman–Crippen LogP) is 1.32. The minimum absolute atomic E-state index is 0. The molecule has 0 radical (unpaired) electrons. The van der Waals surface area contributed by atoms with Crippen LogP contribution in [0.4, 0.5) is 0 Å². The quantitative estimate of drug-likeness (QED) is 0.804. The van der Waals surface area contributed by atoms with E-state index in [0.29, 0.717) is 12.3 Å². The first-order chi connectivity index (χ1) is 9.75. The van der Waals surface area contributed by atoms with Gasteiger partial charge in [0, 0.05) is 19.5 Å². The molecule has 2 rings (SSSR count). The summed E-state index contributed by atoms with van der Waals surface area (Å²) in [5.74, 6) is 0.807. The van der Waals surface area contributed by atoms with Crippen molar-refractivity contribution < 1.29 is 9.59 Å². The lowest BCUT2D eigenvalue weighted by Crippen LogP contribution is -2.41. The third kappa shape index (κ3) is 6.66. The van der Waals surface area contributed by atoms with Crippen LogP contribution in [0.25, 0.3) is 0 Å². The van der Waals surface area contributed by atoms with Gasteiger partial charge in [-0.25, -0.2) is 0 Å². The Labute approximate surface area is 133 Å². The van der Waals surface area contributed by atoms with E-state index >= 15 is 0 Å². The molecule has 0 aromatic carbocycles. The van der Waals surface area contributed by atoms with Gasteiger partial charge in [0.05, 0.1) is 6.54 Å². The van der Waals surface area contributed by atoms with Crippen LogP contribution in [0.2, 0.25) is 0 Å². The average Bonchev–Trinajstić information content (AvgIpc) is 2.65. The Balaban J connectivity index is 0.00000220. The van der Waals surface area contributed by atoms with E-state index in [2.05, 4.69) is 10.6 Å². The lowest BCUT2D eigenvalue weighted by atomic mass is 9.96. The number of rotatable bonds is 5. The highest BCUT2D eigenvalue weighted by atomic mass is 35.5. The van der Waals surface area contributed by atoms with E-state index in [1.165, 1.54) is 12.8 Å². The van der Waals surface area contributed by atoms with Crippen molar-refractivity contribution in [3.63, 3.8) is 0 Å². The second kappa shape index (κ2) is 10.0. The van der Waals surface area contributed by atoms with Crippen LogP contribution in [0.1, 0.15) is 44.9 Å². The van der Waals surface area contributed by atoms with Crippen LogP contribution in [0.3, 0.4) is 0 Å². The number of carbonyl (C=O) groups is 2. The molecule has 1 unspecified atom stereocenters. The van der Waals surface area contributed by atoms with Gasteiger partial charge in [0.1, 0.15) is 0 Å². The summed E-state index contributed by atoms with van der Waals surface area (Å²) in [6.45, 7) is 3.90. The number of halogens is 1. The van der Waals surface area contributed by atoms with Crippen molar-refractivity contribution in [2.75, 3.05) is 32.7 Å². The molecule has 0 saturated carbocycles. The van der Waals surface area contributed by atoms with Gasteiger partial charge < -0.3 is 15.5 Å². The van der Waals surface area contributed by atoms with Gasteiger partial charge in [-0.15, -0.1) is 12.4 Å². The van der Waals surface area contributed by atoms with Gasteiger partial charge in [-0.3, -0.25) is 9.59 Å². The second-order valence-electron chi connectivity index (χ2n) is 5.98. The molecule has 0 aromatic rings. The molecular weight excluding hydrogens is 290 g/mol. The lowest BCUT2D eigenvalue weighted by Gasteiger charge is -2.23. The zero-order valence-corrected chi connectivity index (χ0v) is 13.6. The van der Waals surface area contributed by atoms with Crippen molar-refractivity contribution >= 4 is 24.2 Å². The van der Waals surface area contributed by atoms with Crippen molar-refractivity contribution in [1.29, 1.82) is 0 Å². The summed E-state index contributed by atoms with van der Waals surface area (Å²) in [4.78, 5) is 25.4. The zero-order chi connectivity index (χ0) is 14.2. The molecule has 2 amide bonds. The van der Waals surface area contributed by atoms with Gasteiger partial charge in [0.15, 0.2) is 0 Å². The van der Waals surface area contributed by atoms with Gasteiger partial charge in [-0.1, -0.05) is 6.42 Å². The van der Waals surface area contributed by atoms with Crippen LogP contribution >= 0.6 is 12.4 Å². The number of likely N-dealkylation sites (tertiary alicyclic amines) is 1. The van der Waals surface area contributed by atoms with Crippen molar-refractivity contribution in [3.8, 4) is 0 Å². The van der Waals surface area contributed by atoms with E-state index in [1.54, 1.807) is 4.90 Å². The topological polar surface area (TPSA) is 61.4 Å². The normalized spacial score (nSPS) is 23.1. The smallest absolute Gasteiger partial charge is 0.239 e. The van der Waals surface area contributed by atoms with Gasteiger partial charge in [0.2, 0.25) is 11.8 Å². The molecule has 2 heterocycles. The Morgan fingerprint density at radius 3 is 2.90 bits per heavy atom. The second-order valence-corrected chi connectivity index (χ2v) is 5.98. The van der Waals surface area contributed by atoms with E-state index in [-0.39, 0.29) is 30.8 Å². The van der Waals surface area contributed by atoms with E-state index in [4.69, 9.17) is 0 Å². The highest BCUT2D eigenvalue weighted by Crippen LogP contribution is 2.13. The molecule has 6 heteroatoms. The molecule has 1 atom stereocenters. The summed E-state index contributed by atoms with van der Waals surface area (Å²) in [7, 11) is 0. The fraction of sp³-hybridized carbons (Fsp3) is 0.867. The molecule has 2 fully saturated rings. The Hall–Kier alpha value is -0.810. The number of hydrogen-bond donors (Lipinski definition) is 2. The van der Waals surface area contributed by atoms with E-state index in [0.717, 1.165) is 51.9 Å². The molecule has 2 aliphatic heterocycles. The third-order valence-electron chi connectivity index (χ3n) is 4.28. The van der Waals surface area contributed by atoms with Crippen molar-refractivity contribution in [3.05, 3.63) is 0 Å². The lowest BCUT2D eigenvalue weighted by molar-refractivity contribution is -0.135. The van der Waals surface area contributed by atoms with Crippen LogP contribution in [0.15, 0.2) is 0 Å². The van der Waals surface area contributed by atoms with Crippen molar-refractivity contribution in [2.45, 2.75) is 44.9 Å². The number of hydrogen-bond acceptors (Lipinski definition) is 3. The molecule has 2 saturated heterocycles. The fourth-order valence-corrected chi connectivity index (χ4v) is 3.02. The minimum atomic E-state index is -0.0102. The van der Waals surface area contributed by atoms with Crippen LogP contribution < -0.4 is 10.6 Å². The first-order valence-corrected chi connectivity index (χ1v) is 8.01. The minimum Gasteiger partial charge on any atom is -0.355 e. The van der Waals surface area contributed by atoms with Crippen molar-refractivity contribution in [1.82, 2.24) is 15.5 Å². The maximum atomic E-state index is 11.9. The molecule has 0 spiro atoms. The Kier molecular flexibility index (Phi) is 8.69. The van der Waals surface area contributed by atoms with E-state index in [1.807, 2.05) is 0 Å². The average molecular weight is 318 g/mol. The number of piperidine rings is 1. The number of nitrogens with one attached hydrogen (secondary N) is 2. The van der Waals surface area contributed by atoms with Gasteiger partial charge in [-0.05, 0) is 51.1 Å². The summed E-state index contributed by atoms with van der Waals surface area (Å²) in [6.07, 6.45) is 7.21. The Morgan fingerprint density at radius 1 is 1.29 bits per heavy atom. The number of amides is 2. The summed E-state index contributed by atoms with van der Waals surface area (Å²) in [6, 6.07) is 0. The molecule has 0 aliphatic carbocycles. The van der Waals surface area contributed by atoms with Crippen LogP contribution in [-0.2, 0) is 9.59 Å². The zero-order valence-electron chi connectivity index (χ0n) is 12.7. The highest BCUT2D eigenvalue weighted by molar-refractivity contribution is 5.85. The summed E-state index contributed by atoms with van der Waals surface area (Å²) < 4.78 is 0. The van der Waals surface area contributed by atoms with Gasteiger partial charge in [0.25, 0.3) is 0 Å². The molecule has 5 nitrogen and oxygen atoms in total. The Bertz CT molecular complexity index is 333. The Morgan fingerprint density at radius 2 is 2.14 bits per heavy atom. The number of nitrogens with zero attached hydrogens (tertiary/aromatic N) is 1. The number of carbonyl (C=O) groups excluding carboxylic acids is 2. The molecular formula is C15H28ClN3O2. The van der Waals surface area contributed by atoms with Gasteiger partial charge >= 0.3 is 0 Å². The largest absolute Gasteiger partial charge is 0.355 e. The first kappa shape index (κ1) is 18.2. The molecule has 2 aliphatic rings. The standard InChI is InChI=1S/C15H27N3O2.ClH/c19-14(12-18-10-3-1-2-6-15(18)20)17-9-7-13-5-4-8-16-11-13;/h13,16H,1-12H2,(H,17,19);1H. The van der Waals surface area contributed by atoms with Crippen LogP contribution in [0.5, 0.6) is 0 Å². The fourth-order valence-electron chi connectivity index (χ4n) is 3.02. The molecule has 0 bridgehead atoms. The first-order valence-electron chi connectivity index (χ1n) is 8.01. The monoisotopic (exact) mass is 317 g/mol. The maximum Gasteiger partial charge on any atom is 0.239 e. The van der Waals surface area contributed by atoms with Gasteiger partial charge in [-0.2, -0.15) is 0 Å². The predicted molar refractivity (Wildman–Crippen MR) is 85.5 cm³/mol. The highest BCUT2D eigenvalue weighted by Gasteiger charge is 2.19. The van der Waals surface area contributed by atoms with E-state index < -0.39 is 0 Å². The SMILES string of the molecule is Cl.O=C(CN1CCCCCC1=O)NCCC1CCCNC1. The van der Waals surface area contributed by atoms with E-state index in [9.17, 15) is 9.59 Å². The summed E-state index contributed by atoms with van der Waals surface area (Å²) in [5.41, 5.74) is 0. The maximum absolute atomic E-state index is 11.9. The van der Waals surface area contributed by atoms with Crippen LogP contribution in [0, 0.1) is 5.92 Å². The van der Waals surface area contributed by atoms with Crippen molar-refractivity contribution in [2.24, 2.45) is 5.92 Å². The molecule has 0 aromatic heterocycles. The molecule has 122 valence electrons. The van der Waals surface area contributed by atoms with Crippen LogP contribution in [-0.4, -0.2) is 49.4 Å². The molecule has 21 heavy (non-hydrogen) atoms.